The van der Waals surface area contributed by atoms with Crippen LogP contribution >= 0.6 is 0 Å². The lowest BCUT2D eigenvalue weighted by molar-refractivity contribution is -0.161. The van der Waals surface area contributed by atoms with Crippen molar-refractivity contribution in [2.75, 3.05) is 13.1 Å². The van der Waals surface area contributed by atoms with Crippen molar-refractivity contribution < 1.29 is 23.9 Å². The maximum atomic E-state index is 12.9. The molecule has 8 heteroatoms. The fraction of sp³-hybridized carbons (Fsp3) is 0.864. The number of primary amides is 1. The second-order valence-electron chi connectivity index (χ2n) is 11.3. The van der Waals surface area contributed by atoms with E-state index in [0.29, 0.717) is 25.4 Å². The number of carbonyl (C=O) groups is 3. The van der Waals surface area contributed by atoms with Crippen LogP contribution in [0.25, 0.3) is 0 Å². The highest BCUT2D eigenvalue weighted by Gasteiger charge is 2.59. The number of ether oxygens (including phenoxy) is 2. The first-order valence-corrected chi connectivity index (χ1v) is 11.1. The second-order valence-corrected chi connectivity index (χ2v) is 11.3. The van der Waals surface area contributed by atoms with Crippen LogP contribution in [0.1, 0.15) is 66.2 Å². The number of nitrogens with two attached hydrogens (primary N) is 1. The standard InChI is InChI=1S/C22H35N3O5/c1-20(2,3)30-18(27)24-21(4)5-6-25(12-21)19(28)29-16-14-7-13-8-15(16)11-22(9-13,10-14)17(23)26/h13-16H,5-12H2,1-4H3,(H2,23,26)(H,24,27)/t13?,14-,15?,16?,21?,22+/m1/s1. The Bertz CT molecular complexity index is 732. The number of nitrogens with one attached hydrogen (secondary N) is 1. The molecule has 3 amide bonds. The third-order valence-corrected chi connectivity index (χ3v) is 7.48. The molecule has 168 valence electrons. The van der Waals surface area contributed by atoms with Crippen molar-refractivity contribution in [1.29, 1.82) is 0 Å². The fourth-order valence-corrected chi connectivity index (χ4v) is 6.43. The van der Waals surface area contributed by atoms with Crippen molar-refractivity contribution >= 4 is 18.1 Å². The van der Waals surface area contributed by atoms with Crippen LogP contribution in [0.3, 0.4) is 0 Å². The minimum Gasteiger partial charge on any atom is -0.446 e. The summed E-state index contributed by atoms with van der Waals surface area (Å²) in [5.41, 5.74) is 4.25. The molecule has 5 rings (SSSR count). The van der Waals surface area contributed by atoms with Gasteiger partial charge < -0.3 is 25.4 Å². The van der Waals surface area contributed by atoms with Crippen molar-refractivity contribution in [3.8, 4) is 0 Å². The zero-order valence-electron chi connectivity index (χ0n) is 18.5. The lowest BCUT2D eigenvalue weighted by Gasteiger charge is -2.58. The Morgan fingerprint density at radius 1 is 1.10 bits per heavy atom. The fourth-order valence-electron chi connectivity index (χ4n) is 6.43. The number of rotatable bonds is 3. The lowest BCUT2D eigenvalue weighted by Crippen LogP contribution is -2.59. The molecule has 0 radical (unpaired) electrons. The van der Waals surface area contributed by atoms with E-state index in [4.69, 9.17) is 15.2 Å². The predicted octanol–water partition coefficient (Wildman–Crippen LogP) is 2.79. The Morgan fingerprint density at radius 3 is 2.30 bits per heavy atom. The highest BCUT2D eigenvalue weighted by molar-refractivity contribution is 5.81. The minimum atomic E-state index is -0.570. The van der Waals surface area contributed by atoms with Gasteiger partial charge in [-0.1, -0.05) is 0 Å². The molecule has 0 aromatic rings. The van der Waals surface area contributed by atoms with E-state index >= 15 is 0 Å². The highest BCUT2D eigenvalue weighted by atomic mass is 16.6. The Hall–Kier alpha value is -1.99. The summed E-state index contributed by atoms with van der Waals surface area (Å²) in [6.07, 6.45) is 4.13. The summed E-state index contributed by atoms with van der Waals surface area (Å²) in [6.45, 7) is 8.30. The molecule has 1 saturated heterocycles. The smallest absolute Gasteiger partial charge is 0.410 e. The van der Waals surface area contributed by atoms with Crippen LogP contribution in [0.5, 0.6) is 0 Å². The van der Waals surface area contributed by atoms with Crippen LogP contribution in [0.2, 0.25) is 0 Å². The minimum absolute atomic E-state index is 0.132. The van der Waals surface area contributed by atoms with E-state index in [1.54, 1.807) is 4.90 Å². The number of amides is 3. The van der Waals surface area contributed by atoms with Crippen LogP contribution in [-0.4, -0.2) is 53.3 Å². The maximum Gasteiger partial charge on any atom is 0.410 e. The molecule has 6 atom stereocenters. The van der Waals surface area contributed by atoms with Crippen molar-refractivity contribution in [2.24, 2.45) is 28.9 Å². The third-order valence-electron chi connectivity index (χ3n) is 7.48. The molecular weight excluding hydrogens is 386 g/mol. The van der Waals surface area contributed by atoms with Gasteiger partial charge in [0, 0.05) is 13.1 Å². The van der Waals surface area contributed by atoms with Gasteiger partial charge in [-0.3, -0.25) is 4.79 Å². The second kappa shape index (κ2) is 7.02. The van der Waals surface area contributed by atoms with Crippen LogP contribution in [0, 0.1) is 23.2 Å². The molecule has 0 aromatic carbocycles. The van der Waals surface area contributed by atoms with Gasteiger partial charge in [0.25, 0.3) is 0 Å². The van der Waals surface area contributed by atoms with E-state index in [1.165, 1.54) is 0 Å². The molecule has 30 heavy (non-hydrogen) atoms. The summed E-state index contributed by atoms with van der Waals surface area (Å²) in [6, 6.07) is 0. The van der Waals surface area contributed by atoms with E-state index in [1.807, 2.05) is 27.7 Å². The zero-order valence-corrected chi connectivity index (χ0v) is 18.5. The average molecular weight is 422 g/mol. The molecule has 3 N–H and O–H groups in total. The molecule has 4 unspecified atom stereocenters. The van der Waals surface area contributed by atoms with Gasteiger partial charge in [-0.15, -0.1) is 0 Å². The summed E-state index contributed by atoms with van der Waals surface area (Å²) in [4.78, 5) is 38.9. The van der Waals surface area contributed by atoms with Crippen LogP contribution in [-0.2, 0) is 14.3 Å². The van der Waals surface area contributed by atoms with Gasteiger partial charge in [-0.2, -0.15) is 0 Å². The van der Waals surface area contributed by atoms with E-state index in [0.717, 1.165) is 32.1 Å². The van der Waals surface area contributed by atoms with E-state index in [2.05, 4.69) is 5.32 Å². The van der Waals surface area contributed by atoms with Crippen molar-refractivity contribution in [1.82, 2.24) is 10.2 Å². The molecule has 4 aliphatic carbocycles. The average Bonchev–Trinajstić information content (AvgIpc) is 2.97. The first kappa shape index (κ1) is 21.2. The number of nitrogens with zero attached hydrogens (tertiary/aromatic N) is 1. The van der Waals surface area contributed by atoms with E-state index < -0.39 is 17.2 Å². The van der Waals surface area contributed by atoms with Crippen molar-refractivity contribution in [3.05, 3.63) is 0 Å². The summed E-state index contributed by atoms with van der Waals surface area (Å²) in [7, 11) is 0. The first-order chi connectivity index (χ1) is 13.9. The van der Waals surface area contributed by atoms with Crippen LogP contribution in [0.15, 0.2) is 0 Å². The van der Waals surface area contributed by atoms with Gasteiger partial charge in [-0.25, -0.2) is 9.59 Å². The molecule has 5 aliphatic rings. The van der Waals surface area contributed by atoms with Crippen LogP contribution < -0.4 is 11.1 Å². The van der Waals surface area contributed by atoms with Gasteiger partial charge >= 0.3 is 12.2 Å². The third kappa shape index (κ3) is 3.97. The SMILES string of the molecule is CC1(NC(=O)OC(C)(C)C)CCN(C(=O)OC2C3CC4C[C@@H]2C[C@@](C(N)=O)(C4)C3)C1. The van der Waals surface area contributed by atoms with Crippen molar-refractivity contribution in [3.63, 3.8) is 0 Å². The Balaban J connectivity index is 1.34. The van der Waals surface area contributed by atoms with Crippen molar-refractivity contribution in [2.45, 2.75) is 83.5 Å². The maximum absolute atomic E-state index is 12.9. The first-order valence-electron chi connectivity index (χ1n) is 11.1. The Morgan fingerprint density at radius 2 is 1.73 bits per heavy atom. The summed E-state index contributed by atoms with van der Waals surface area (Å²) >= 11 is 0. The highest BCUT2D eigenvalue weighted by Crippen LogP contribution is 2.60. The molecular formula is C22H35N3O5. The normalized spacial score (nSPS) is 39.7. The molecule has 1 aliphatic heterocycles. The van der Waals surface area contributed by atoms with E-state index in [9.17, 15) is 14.4 Å². The van der Waals surface area contributed by atoms with Gasteiger partial charge in [0.2, 0.25) is 5.91 Å². The number of likely N-dealkylation sites (tertiary alicyclic amines) is 1. The molecule has 8 nitrogen and oxygen atoms in total. The molecule has 0 aromatic heterocycles. The lowest BCUT2D eigenvalue weighted by atomic mass is 9.48. The number of alkyl carbamates (subject to hydrolysis) is 1. The number of hydrogen-bond acceptors (Lipinski definition) is 5. The van der Waals surface area contributed by atoms with Gasteiger partial charge in [-0.05, 0) is 84.0 Å². The quantitative estimate of drug-likeness (QED) is 0.728. The molecule has 0 spiro atoms. The van der Waals surface area contributed by atoms with Crippen LogP contribution in [0.4, 0.5) is 9.59 Å². The Labute approximate surface area is 178 Å². The molecule has 4 bridgehead atoms. The van der Waals surface area contributed by atoms with Gasteiger partial charge in [0.15, 0.2) is 0 Å². The molecule has 5 fully saturated rings. The van der Waals surface area contributed by atoms with Gasteiger partial charge in [0.05, 0.1) is 11.0 Å². The van der Waals surface area contributed by atoms with E-state index in [-0.39, 0.29) is 35.4 Å². The Kier molecular flexibility index (Phi) is 4.97. The topological polar surface area (TPSA) is 111 Å². The summed E-state index contributed by atoms with van der Waals surface area (Å²) in [5, 5.41) is 2.91. The predicted molar refractivity (Wildman–Crippen MR) is 109 cm³/mol. The zero-order chi connectivity index (χ0) is 21.9. The molecule has 1 heterocycles. The summed E-state index contributed by atoms with van der Waals surface area (Å²) in [5.74, 6) is 0.788. The number of hydrogen-bond donors (Lipinski definition) is 2. The molecule has 4 saturated carbocycles. The number of carbonyl (C=O) groups excluding carboxylic acids is 3. The van der Waals surface area contributed by atoms with Gasteiger partial charge in [0.1, 0.15) is 11.7 Å². The largest absolute Gasteiger partial charge is 0.446 e. The summed E-state index contributed by atoms with van der Waals surface area (Å²) < 4.78 is 11.4. The monoisotopic (exact) mass is 421 g/mol.